The molecule has 3 heterocycles. The van der Waals surface area contributed by atoms with Crippen molar-refractivity contribution in [3.63, 3.8) is 0 Å². The smallest absolute Gasteiger partial charge is 0.123 e. The predicted molar refractivity (Wildman–Crippen MR) is 106 cm³/mol. The molecule has 0 unspecified atom stereocenters. The third-order valence-electron chi connectivity index (χ3n) is 4.61. The van der Waals surface area contributed by atoms with Crippen LogP contribution < -0.4 is 0 Å². The van der Waals surface area contributed by atoms with Crippen molar-refractivity contribution in [2.45, 2.75) is 0 Å². The van der Waals surface area contributed by atoms with Crippen LogP contribution in [0.2, 0.25) is 0 Å². The van der Waals surface area contributed by atoms with Crippen molar-refractivity contribution in [3.8, 4) is 33.8 Å². The number of rotatable bonds is 3. The average Bonchev–Trinajstić information content (AvgIpc) is 3.24. The summed E-state index contributed by atoms with van der Waals surface area (Å²) < 4.78 is 13.3. The van der Waals surface area contributed by atoms with Gasteiger partial charge in [0.05, 0.1) is 22.6 Å². The highest BCUT2D eigenvalue weighted by molar-refractivity contribution is 5.95. The van der Waals surface area contributed by atoms with Crippen molar-refractivity contribution >= 4 is 10.9 Å². The van der Waals surface area contributed by atoms with Crippen LogP contribution in [0.4, 0.5) is 4.39 Å². The van der Waals surface area contributed by atoms with Gasteiger partial charge in [0.25, 0.3) is 0 Å². The lowest BCUT2D eigenvalue weighted by Gasteiger charge is -2.08. The molecule has 0 atom stereocenters. The number of aromatic amines is 1. The third-order valence-corrected chi connectivity index (χ3v) is 4.61. The Bertz CT molecular complexity index is 1260. The van der Waals surface area contributed by atoms with E-state index in [1.807, 2.05) is 42.6 Å². The number of benzene rings is 2. The first kappa shape index (κ1) is 16.3. The molecule has 2 aromatic carbocycles. The third kappa shape index (κ3) is 2.81. The standard InChI is InChI=1S/C22H14FN5/c23-16-7-4-14(5-8-16)21-18(12-27-28-21)15-6-9-19-17(11-15)22(26-13-25-19)20-3-1-2-10-24-20/h1-13H,(H,27,28). The number of aromatic nitrogens is 5. The van der Waals surface area contributed by atoms with E-state index in [1.165, 1.54) is 12.1 Å². The summed E-state index contributed by atoms with van der Waals surface area (Å²) in [5.74, 6) is -0.274. The van der Waals surface area contributed by atoms with Crippen LogP contribution in [0.1, 0.15) is 0 Å². The number of nitrogens with zero attached hydrogens (tertiary/aromatic N) is 4. The SMILES string of the molecule is Fc1ccc(-c2n[nH]cc2-c2ccc3ncnc(-c4ccccn4)c3c2)cc1. The quantitative estimate of drug-likeness (QED) is 0.493. The Morgan fingerprint density at radius 1 is 0.786 bits per heavy atom. The molecule has 0 saturated heterocycles. The number of hydrogen-bond donors (Lipinski definition) is 1. The molecule has 0 saturated carbocycles. The molecule has 28 heavy (non-hydrogen) atoms. The van der Waals surface area contributed by atoms with E-state index >= 15 is 0 Å². The number of fused-ring (bicyclic) bond motifs is 1. The number of pyridine rings is 1. The Hall–Kier alpha value is -3.93. The van der Waals surface area contributed by atoms with Gasteiger partial charge in [-0.3, -0.25) is 10.1 Å². The molecule has 0 fully saturated rings. The van der Waals surface area contributed by atoms with Crippen LogP contribution in [-0.2, 0) is 0 Å². The van der Waals surface area contributed by atoms with Crippen LogP contribution in [0.3, 0.4) is 0 Å². The summed E-state index contributed by atoms with van der Waals surface area (Å²) in [5, 5.41) is 8.19. The van der Waals surface area contributed by atoms with Gasteiger partial charge in [0, 0.05) is 28.9 Å². The molecule has 3 aromatic heterocycles. The number of nitrogens with one attached hydrogen (secondary N) is 1. The van der Waals surface area contributed by atoms with Crippen molar-refractivity contribution in [1.82, 2.24) is 25.1 Å². The summed E-state index contributed by atoms with van der Waals surface area (Å²) in [7, 11) is 0. The highest BCUT2D eigenvalue weighted by Crippen LogP contribution is 2.33. The van der Waals surface area contributed by atoms with E-state index in [-0.39, 0.29) is 5.82 Å². The summed E-state index contributed by atoms with van der Waals surface area (Å²) in [6.45, 7) is 0. The zero-order chi connectivity index (χ0) is 18.9. The summed E-state index contributed by atoms with van der Waals surface area (Å²) in [6, 6.07) is 18.0. The van der Waals surface area contributed by atoms with Crippen molar-refractivity contribution in [2.75, 3.05) is 0 Å². The van der Waals surface area contributed by atoms with Gasteiger partial charge in [-0.15, -0.1) is 0 Å². The van der Waals surface area contributed by atoms with Crippen LogP contribution in [0, 0.1) is 5.82 Å². The fraction of sp³-hybridized carbons (Fsp3) is 0. The second-order valence-corrected chi connectivity index (χ2v) is 6.32. The maximum absolute atomic E-state index is 13.3. The first-order valence-electron chi connectivity index (χ1n) is 8.76. The van der Waals surface area contributed by atoms with Crippen molar-refractivity contribution < 1.29 is 4.39 Å². The van der Waals surface area contributed by atoms with Gasteiger partial charge in [0.1, 0.15) is 12.1 Å². The maximum atomic E-state index is 13.3. The van der Waals surface area contributed by atoms with E-state index in [0.29, 0.717) is 0 Å². The fourth-order valence-electron chi connectivity index (χ4n) is 3.27. The topological polar surface area (TPSA) is 67.3 Å². The zero-order valence-electron chi connectivity index (χ0n) is 14.7. The molecular formula is C22H14FN5. The minimum Gasteiger partial charge on any atom is -0.284 e. The monoisotopic (exact) mass is 367 g/mol. The van der Waals surface area contributed by atoms with Crippen molar-refractivity contribution in [2.24, 2.45) is 0 Å². The lowest BCUT2D eigenvalue weighted by atomic mass is 9.99. The van der Waals surface area contributed by atoms with Crippen molar-refractivity contribution in [3.05, 3.63) is 85.2 Å². The molecule has 0 bridgehead atoms. The highest BCUT2D eigenvalue weighted by Gasteiger charge is 2.14. The van der Waals surface area contributed by atoms with Crippen LogP contribution in [0.5, 0.6) is 0 Å². The summed E-state index contributed by atoms with van der Waals surface area (Å²) in [5.41, 5.74) is 5.89. The number of hydrogen-bond acceptors (Lipinski definition) is 4. The molecule has 0 aliphatic rings. The van der Waals surface area contributed by atoms with Gasteiger partial charge in [-0.1, -0.05) is 12.1 Å². The lowest BCUT2D eigenvalue weighted by molar-refractivity contribution is 0.628. The van der Waals surface area contributed by atoms with Gasteiger partial charge >= 0.3 is 0 Å². The number of H-pyrrole nitrogens is 1. The Balaban J connectivity index is 1.68. The summed E-state index contributed by atoms with van der Waals surface area (Å²) in [4.78, 5) is 13.2. The predicted octanol–water partition coefficient (Wildman–Crippen LogP) is 4.89. The van der Waals surface area contributed by atoms with Gasteiger partial charge in [-0.2, -0.15) is 5.10 Å². The Labute approximate surface area is 160 Å². The molecule has 5 nitrogen and oxygen atoms in total. The average molecular weight is 367 g/mol. The fourth-order valence-corrected chi connectivity index (χ4v) is 3.27. The van der Waals surface area contributed by atoms with E-state index in [0.717, 1.165) is 44.7 Å². The molecule has 0 aliphatic heterocycles. The minimum atomic E-state index is -0.274. The van der Waals surface area contributed by atoms with Gasteiger partial charge in [-0.25, -0.2) is 14.4 Å². The van der Waals surface area contributed by atoms with Crippen LogP contribution in [-0.4, -0.2) is 25.1 Å². The Kier molecular flexibility index (Phi) is 3.87. The number of halogens is 1. The molecule has 5 rings (SSSR count). The maximum Gasteiger partial charge on any atom is 0.123 e. The molecule has 5 aromatic rings. The summed E-state index contributed by atoms with van der Waals surface area (Å²) >= 11 is 0. The van der Waals surface area contributed by atoms with Crippen LogP contribution in [0.25, 0.3) is 44.7 Å². The summed E-state index contributed by atoms with van der Waals surface area (Å²) in [6.07, 6.45) is 5.13. The van der Waals surface area contributed by atoms with Gasteiger partial charge in [0.2, 0.25) is 0 Å². The largest absolute Gasteiger partial charge is 0.284 e. The van der Waals surface area contributed by atoms with Gasteiger partial charge < -0.3 is 0 Å². The highest BCUT2D eigenvalue weighted by atomic mass is 19.1. The first-order valence-corrected chi connectivity index (χ1v) is 8.76. The molecule has 0 radical (unpaired) electrons. The molecule has 6 heteroatoms. The molecule has 134 valence electrons. The van der Waals surface area contributed by atoms with Crippen molar-refractivity contribution in [1.29, 1.82) is 0 Å². The van der Waals surface area contributed by atoms with E-state index < -0.39 is 0 Å². The second-order valence-electron chi connectivity index (χ2n) is 6.32. The van der Waals surface area contributed by atoms with Crippen LogP contribution >= 0.6 is 0 Å². The zero-order valence-corrected chi connectivity index (χ0v) is 14.7. The second kappa shape index (κ2) is 6.66. The normalized spacial score (nSPS) is 11.0. The lowest BCUT2D eigenvalue weighted by Crippen LogP contribution is -1.92. The molecule has 1 N–H and O–H groups in total. The van der Waals surface area contributed by atoms with Gasteiger partial charge in [-0.05, 0) is 54.1 Å². The molecule has 0 aliphatic carbocycles. The molecular weight excluding hydrogens is 353 g/mol. The van der Waals surface area contributed by atoms with E-state index in [2.05, 4.69) is 25.1 Å². The molecule has 0 amide bonds. The Morgan fingerprint density at radius 2 is 1.64 bits per heavy atom. The first-order chi connectivity index (χ1) is 13.8. The van der Waals surface area contributed by atoms with Gasteiger partial charge in [0.15, 0.2) is 0 Å². The van der Waals surface area contributed by atoms with E-state index in [4.69, 9.17) is 0 Å². The van der Waals surface area contributed by atoms with E-state index in [9.17, 15) is 4.39 Å². The Morgan fingerprint density at radius 3 is 2.46 bits per heavy atom. The molecule has 0 spiro atoms. The van der Waals surface area contributed by atoms with Crippen LogP contribution in [0.15, 0.2) is 79.4 Å². The van der Waals surface area contributed by atoms with E-state index in [1.54, 1.807) is 24.7 Å². The minimum absolute atomic E-state index is 0.274.